The van der Waals surface area contributed by atoms with Crippen LogP contribution in [-0.4, -0.2) is 31.8 Å². The third kappa shape index (κ3) is 7.14. The Balaban J connectivity index is 1.77. The van der Waals surface area contributed by atoms with Crippen molar-refractivity contribution in [1.82, 2.24) is 5.32 Å². The van der Waals surface area contributed by atoms with Crippen molar-refractivity contribution in [1.29, 1.82) is 0 Å². The maximum absolute atomic E-state index is 12.4. The van der Waals surface area contributed by atoms with Gasteiger partial charge in [-0.25, -0.2) is 0 Å². The lowest BCUT2D eigenvalue weighted by molar-refractivity contribution is -0.128. The lowest BCUT2D eigenvalue weighted by atomic mass is 10.1. The standard InChI is InChI=1S/C23H31NO4/c1-5-22(28-20-13-11-19(26-4)12-14-20)23(25)24-15-7-9-18-8-6-10-21(16-18)27-17(2)3/h6,8,10-14,16-17,22H,5,7,9,15H2,1-4H3,(H,24,25). The molecule has 2 rings (SSSR count). The van der Waals surface area contributed by atoms with Crippen LogP contribution in [0.15, 0.2) is 48.5 Å². The van der Waals surface area contributed by atoms with E-state index in [0.29, 0.717) is 18.7 Å². The average Bonchev–Trinajstić information content (AvgIpc) is 2.69. The fraction of sp³-hybridized carbons (Fsp3) is 0.435. The van der Waals surface area contributed by atoms with Gasteiger partial charge in [-0.3, -0.25) is 4.79 Å². The van der Waals surface area contributed by atoms with Crippen LogP contribution in [0, 0.1) is 0 Å². The van der Waals surface area contributed by atoms with E-state index in [-0.39, 0.29) is 12.0 Å². The lowest BCUT2D eigenvalue weighted by Crippen LogP contribution is -2.38. The molecule has 0 aliphatic carbocycles. The van der Waals surface area contributed by atoms with E-state index < -0.39 is 6.10 Å². The molecule has 5 heteroatoms. The van der Waals surface area contributed by atoms with Gasteiger partial charge in [0.25, 0.3) is 5.91 Å². The zero-order valence-electron chi connectivity index (χ0n) is 17.2. The molecular formula is C23H31NO4. The van der Waals surface area contributed by atoms with Gasteiger partial charge in [-0.15, -0.1) is 0 Å². The molecule has 1 amide bonds. The Kier molecular flexibility index (Phi) is 8.66. The molecule has 0 spiro atoms. The Morgan fingerprint density at radius 3 is 2.36 bits per heavy atom. The zero-order valence-corrected chi connectivity index (χ0v) is 17.2. The van der Waals surface area contributed by atoms with Crippen molar-refractivity contribution in [3.63, 3.8) is 0 Å². The van der Waals surface area contributed by atoms with E-state index in [9.17, 15) is 4.79 Å². The zero-order chi connectivity index (χ0) is 20.4. The molecule has 2 aromatic carbocycles. The molecule has 0 aliphatic heterocycles. The van der Waals surface area contributed by atoms with Crippen molar-refractivity contribution in [3.05, 3.63) is 54.1 Å². The molecule has 0 radical (unpaired) electrons. The molecule has 0 aromatic heterocycles. The maximum atomic E-state index is 12.4. The monoisotopic (exact) mass is 385 g/mol. The van der Waals surface area contributed by atoms with Crippen LogP contribution < -0.4 is 19.5 Å². The number of hydrogen-bond acceptors (Lipinski definition) is 4. The first-order chi connectivity index (χ1) is 13.5. The highest BCUT2D eigenvalue weighted by Gasteiger charge is 2.17. The van der Waals surface area contributed by atoms with Gasteiger partial charge in [0.05, 0.1) is 13.2 Å². The second-order valence-electron chi connectivity index (χ2n) is 6.90. The predicted molar refractivity (Wildman–Crippen MR) is 111 cm³/mol. The van der Waals surface area contributed by atoms with Crippen LogP contribution in [-0.2, 0) is 11.2 Å². The highest BCUT2D eigenvalue weighted by molar-refractivity contribution is 5.81. The summed E-state index contributed by atoms with van der Waals surface area (Å²) in [5.74, 6) is 2.21. The predicted octanol–water partition coefficient (Wildman–Crippen LogP) is 4.39. The number of carbonyl (C=O) groups is 1. The second-order valence-corrected chi connectivity index (χ2v) is 6.90. The minimum Gasteiger partial charge on any atom is -0.497 e. The van der Waals surface area contributed by atoms with Gasteiger partial charge in [0.2, 0.25) is 0 Å². The molecule has 2 aromatic rings. The van der Waals surface area contributed by atoms with Gasteiger partial charge < -0.3 is 19.5 Å². The molecule has 5 nitrogen and oxygen atoms in total. The number of hydrogen-bond donors (Lipinski definition) is 1. The minimum absolute atomic E-state index is 0.0878. The Morgan fingerprint density at radius 2 is 1.71 bits per heavy atom. The molecule has 1 N–H and O–H groups in total. The number of nitrogens with one attached hydrogen (secondary N) is 1. The lowest BCUT2D eigenvalue weighted by Gasteiger charge is -2.17. The van der Waals surface area contributed by atoms with E-state index in [2.05, 4.69) is 17.4 Å². The van der Waals surface area contributed by atoms with Crippen LogP contribution in [0.2, 0.25) is 0 Å². The van der Waals surface area contributed by atoms with Crippen molar-refractivity contribution >= 4 is 5.91 Å². The number of aryl methyl sites for hydroxylation is 1. The van der Waals surface area contributed by atoms with Crippen LogP contribution in [0.5, 0.6) is 17.2 Å². The van der Waals surface area contributed by atoms with E-state index in [4.69, 9.17) is 14.2 Å². The van der Waals surface area contributed by atoms with Gasteiger partial charge in [-0.05, 0) is 75.1 Å². The summed E-state index contributed by atoms with van der Waals surface area (Å²) in [6.07, 6.45) is 2.00. The summed E-state index contributed by atoms with van der Waals surface area (Å²) in [7, 11) is 1.62. The van der Waals surface area contributed by atoms with Crippen LogP contribution >= 0.6 is 0 Å². The summed E-state index contributed by atoms with van der Waals surface area (Å²) in [5, 5.41) is 2.97. The van der Waals surface area contributed by atoms with E-state index in [1.807, 2.05) is 45.0 Å². The number of carbonyl (C=O) groups excluding carboxylic acids is 1. The van der Waals surface area contributed by atoms with E-state index >= 15 is 0 Å². The van der Waals surface area contributed by atoms with Crippen LogP contribution in [0.1, 0.15) is 39.2 Å². The van der Waals surface area contributed by atoms with Crippen molar-refractivity contribution in [2.45, 2.75) is 52.2 Å². The maximum Gasteiger partial charge on any atom is 0.261 e. The van der Waals surface area contributed by atoms with Crippen molar-refractivity contribution < 1.29 is 19.0 Å². The van der Waals surface area contributed by atoms with Crippen molar-refractivity contribution in [3.8, 4) is 17.2 Å². The molecule has 1 unspecified atom stereocenters. The topological polar surface area (TPSA) is 56.8 Å². The highest BCUT2D eigenvalue weighted by Crippen LogP contribution is 2.19. The molecular weight excluding hydrogens is 354 g/mol. The first kappa shape index (κ1) is 21.6. The van der Waals surface area contributed by atoms with E-state index in [1.165, 1.54) is 5.56 Å². The third-order valence-electron chi connectivity index (χ3n) is 4.21. The smallest absolute Gasteiger partial charge is 0.261 e. The minimum atomic E-state index is -0.504. The molecule has 0 saturated carbocycles. The summed E-state index contributed by atoms with van der Waals surface area (Å²) >= 11 is 0. The van der Waals surface area contributed by atoms with Crippen LogP contribution in [0.3, 0.4) is 0 Å². The summed E-state index contributed by atoms with van der Waals surface area (Å²) in [5.41, 5.74) is 1.20. The number of ether oxygens (including phenoxy) is 3. The molecule has 0 fully saturated rings. The molecule has 152 valence electrons. The van der Waals surface area contributed by atoms with Crippen LogP contribution in [0.4, 0.5) is 0 Å². The average molecular weight is 386 g/mol. The summed E-state index contributed by atoms with van der Waals surface area (Å²) in [4.78, 5) is 12.4. The Hall–Kier alpha value is -2.69. The number of amides is 1. The quantitative estimate of drug-likeness (QED) is 0.583. The van der Waals surface area contributed by atoms with Crippen molar-refractivity contribution in [2.24, 2.45) is 0 Å². The van der Waals surface area contributed by atoms with Crippen molar-refractivity contribution in [2.75, 3.05) is 13.7 Å². The molecule has 28 heavy (non-hydrogen) atoms. The first-order valence-electron chi connectivity index (χ1n) is 9.85. The van der Waals surface area contributed by atoms with Gasteiger partial charge in [0.1, 0.15) is 17.2 Å². The summed E-state index contributed by atoms with van der Waals surface area (Å²) < 4.78 is 16.7. The van der Waals surface area contributed by atoms with Gasteiger partial charge in [0.15, 0.2) is 6.10 Å². The number of benzene rings is 2. The fourth-order valence-corrected chi connectivity index (χ4v) is 2.81. The number of rotatable bonds is 11. The van der Waals surface area contributed by atoms with Gasteiger partial charge >= 0.3 is 0 Å². The van der Waals surface area contributed by atoms with E-state index in [0.717, 1.165) is 24.3 Å². The Bertz CT molecular complexity index is 728. The fourth-order valence-electron chi connectivity index (χ4n) is 2.81. The second kappa shape index (κ2) is 11.2. The third-order valence-corrected chi connectivity index (χ3v) is 4.21. The van der Waals surface area contributed by atoms with Gasteiger partial charge in [0, 0.05) is 6.54 Å². The Labute approximate surface area is 168 Å². The molecule has 1 atom stereocenters. The molecule has 0 heterocycles. The summed E-state index contributed by atoms with van der Waals surface area (Å²) in [6.45, 7) is 6.57. The first-order valence-corrected chi connectivity index (χ1v) is 9.85. The largest absolute Gasteiger partial charge is 0.497 e. The SMILES string of the molecule is CCC(Oc1ccc(OC)cc1)C(=O)NCCCc1cccc(OC(C)C)c1. The molecule has 0 aliphatic rings. The molecule has 0 saturated heterocycles. The molecule has 0 bridgehead atoms. The van der Waals surface area contributed by atoms with Crippen LogP contribution in [0.25, 0.3) is 0 Å². The van der Waals surface area contributed by atoms with Gasteiger partial charge in [-0.2, -0.15) is 0 Å². The number of methoxy groups -OCH3 is 1. The highest BCUT2D eigenvalue weighted by atomic mass is 16.5. The Morgan fingerprint density at radius 1 is 1.00 bits per heavy atom. The summed E-state index contributed by atoms with van der Waals surface area (Å²) in [6, 6.07) is 15.4. The van der Waals surface area contributed by atoms with Gasteiger partial charge in [-0.1, -0.05) is 19.1 Å². The van der Waals surface area contributed by atoms with E-state index in [1.54, 1.807) is 19.2 Å². The normalized spacial score (nSPS) is 11.8.